The van der Waals surface area contributed by atoms with Gasteiger partial charge in [-0.2, -0.15) is 3.71 Å². The molecule has 6 heteroatoms. The van der Waals surface area contributed by atoms with Crippen LogP contribution in [-0.2, 0) is 36.8 Å². The van der Waals surface area contributed by atoms with Crippen LogP contribution < -0.4 is 0 Å². The second-order valence-corrected chi connectivity index (χ2v) is 3.90. The van der Waals surface area contributed by atoms with Crippen molar-refractivity contribution in [3.63, 3.8) is 0 Å². The maximum Gasteiger partial charge on any atom is 0.305 e. The zero-order valence-electron chi connectivity index (χ0n) is 8.77. The molecule has 0 aromatic carbocycles. The first kappa shape index (κ1) is 17.4. The molecule has 0 aliphatic carbocycles. The molecule has 0 saturated carbocycles. The summed E-state index contributed by atoms with van der Waals surface area (Å²) >= 11 is 8.15. The van der Waals surface area contributed by atoms with E-state index in [9.17, 15) is 4.79 Å². The third-order valence-electron chi connectivity index (χ3n) is 1.78. The Morgan fingerprint density at radius 2 is 2.00 bits per heavy atom. The van der Waals surface area contributed by atoms with Crippen molar-refractivity contribution in [3.8, 4) is 0 Å². The molecule has 3 nitrogen and oxygen atoms in total. The Balaban J connectivity index is 0. The van der Waals surface area contributed by atoms with Crippen LogP contribution in [0.15, 0.2) is 0 Å². The second kappa shape index (κ2) is 10.6. The van der Waals surface area contributed by atoms with Crippen molar-refractivity contribution in [1.82, 2.24) is 3.71 Å². The van der Waals surface area contributed by atoms with Crippen LogP contribution in [0.5, 0.6) is 0 Å². The smallest absolute Gasteiger partial charge is 0.305 e. The number of nitrogens with zero attached hydrogens (tertiary/aromatic N) is 1. The molecule has 80 valence electrons. The number of thiol groups is 2. The zero-order chi connectivity index (χ0) is 10.3. The van der Waals surface area contributed by atoms with E-state index in [-0.39, 0.29) is 39.3 Å². The van der Waals surface area contributed by atoms with Gasteiger partial charge in [0, 0.05) is 39.8 Å². The van der Waals surface area contributed by atoms with Crippen LogP contribution in [0.25, 0.3) is 0 Å². The van der Waals surface area contributed by atoms with E-state index in [2.05, 4.69) is 25.6 Å². The molecule has 1 unspecified atom stereocenters. The molecule has 0 rings (SSSR count). The maximum absolute atomic E-state index is 11.0. The summed E-state index contributed by atoms with van der Waals surface area (Å²) in [6.45, 7) is 4.29. The second-order valence-electron chi connectivity index (χ2n) is 2.73. The molecular weight excluding hydrogens is 319 g/mol. The molecule has 0 N–H and O–H groups in total. The van der Waals surface area contributed by atoms with E-state index in [0.29, 0.717) is 13.0 Å². The zero-order valence-corrected chi connectivity index (χ0v) is 14.6. The molecule has 0 aliphatic heterocycles. The SMILES string of the molecule is CCOC(=O)CCC(CC)N(S)S.[Cd]. The summed E-state index contributed by atoms with van der Waals surface area (Å²) in [6.07, 6.45) is 2.10. The van der Waals surface area contributed by atoms with Gasteiger partial charge < -0.3 is 4.74 Å². The van der Waals surface area contributed by atoms with Crippen molar-refractivity contribution in [1.29, 1.82) is 0 Å². The van der Waals surface area contributed by atoms with E-state index in [1.165, 1.54) is 0 Å². The van der Waals surface area contributed by atoms with Gasteiger partial charge in [-0.15, -0.1) is 0 Å². The molecular formula is C8H17CdNO2S2. The Hall–Kier alpha value is 1.05. The molecule has 1 atom stereocenters. The minimum absolute atomic E-state index is 0. The third kappa shape index (κ3) is 8.37. The van der Waals surface area contributed by atoms with Crippen molar-refractivity contribution in [2.75, 3.05) is 6.61 Å². The Kier molecular flexibility index (Phi) is 13.2. The molecule has 0 aliphatic rings. The molecule has 14 heavy (non-hydrogen) atoms. The van der Waals surface area contributed by atoms with Gasteiger partial charge in [0.15, 0.2) is 0 Å². The fourth-order valence-corrected chi connectivity index (χ4v) is 1.56. The Morgan fingerprint density at radius 1 is 1.43 bits per heavy atom. The van der Waals surface area contributed by atoms with Gasteiger partial charge >= 0.3 is 5.97 Å². The van der Waals surface area contributed by atoms with E-state index in [1.807, 2.05) is 6.92 Å². The maximum atomic E-state index is 11.0. The molecule has 0 spiro atoms. The summed E-state index contributed by atoms with van der Waals surface area (Å²) in [7, 11) is 0. The number of ether oxygens (including phenoxy) is 1. The van der Waals surface area contributed by atoms with Gasteiger partial charge in [-0.1, -0.05) is 32.6 Å². The van der Waals surface area contributed by atoms with E-state index in [1.54, 1.807) is 10.6 Å². The van der Waals surface area contributed by atoms with Crippen LogP contribution in [0.1, 0.15) is 33.1 Å². The number of carbonyl (C=O) groups is 1. The Labute approximate surface area is 117 Å². The number of esters is 1. The molecule has 0 bridgehead atoms. The predicted molar refractivity (Wildman–Crippen MR) is 59.8 cm³/mol. The van der Waals surface area contributed by atoms with E-state index in [0.717, 1.165) is 12.8 Å². The largest absolute Gasteiger partial charge is 0.466 e. The molecule has 0 heterocycles. The van der Waals surface area contributed by atoms with Crippen molar-refractivity contribution in [2.24, 2.45) is 0 Å². The fourth-order valence-electron chi connectivity index (χ4n) is 1.00. The molecule has 0 aromatic rings. The van der Waals surface area contributed by atoms with Crippen LogP contribution in [-0.4, -0.2) is 22.3 Å². The number of hydrogen-bond acceptors (Lipinski definition) is 5. The van der Waals surface area contributed by atoms with Gasteiger partial charge in [0.25, 0.3) is 0 Å². The van der Waals surface area contributed by atoms with Crippen molar-refractivity contribution < 1.29 is 36.8 Å². The molecule has 0 saturated heterocycles. The number of carbonyl (C=O) groups excluding carboxylic acids is 1. The minimum atomic E-state index is -0.149. The van der Waals surface area contributed by atoms with Gasteiger partial charge in [0.05, 0.1) is 6.61 Å². The van der Waals surface area contributed by atoms with Crippen molar-refractivity contribution >= 4 is 31.6 Å². The van der Waals surface area contributed by atoms with Gasteiger partial charge in [-0.05, 0) is 19.8 Å². The topological polar surface area (TPSA) is 29.5 Å². The molecule has 0 aromatic heterocycles. The first-order chi connectivity index (χ1) is 6.11. The summed E-state index contributed by atoms with van der Waals surface area (Å²) in [5.74, 6) is -0.149. The summed E-state index contributed by atoms with van der Waals surface area (Å²) < 4.78 is 6.35. The van der Waals surface area contributed by atoms with Crippen LogP contribution in [0.4, 0.5) is 0 Å². The van der Waals surface area contributed by atoms with E-state index >= 15 is 0 Å². The average molecular weight is 336 g/mol. The Morgan fingerprint density at radius 3 is 2.36 bits per heavy atom. The third-order valence-corrected chi connectivity index (χ3v) is 2.44. The van der Waals surface area contributed by atoms with Gasteiger partial charge in [-0.3, -0.25) is 4.79 Å². The monoisotopic (exact) mass is 337 g/mol. The minimum Gasteiger partial charge on any atom is -0.466 e. The number of rotatable bonds is 6. The Bertz CT molecular complexity index is 158. The van der Waals surface area contributed by atoms with Crippen LogP contribution in [0.3, 0.4) is 0 Å². The normalized spacial score (nSPS) is 12.1. The first-order valence-electron chi connectivity index (χ1n) is 4.44. The van der Waals surface area contributed by atoms with Gasteiger partial charge in [0.1, 0.15) is 0 Å². The molecule has 0 radical (unpaired) electrons. The molecule has 0 amide bonds. The van der Waals surface area contributed by atoms with E-state index < -0.39 is 0 Å². The first-order valence-corrected chi connectivity index (χ1v) is 5.24. The van der Waals surface area contributed by atoms with Gasteiger partial charge in [0.2, 0.25) is 0 Å². The van der Waals surface area contributed by atoms with Crippen LogP contribution >= 0.6 is 25.6 Å². The van der Waals surface area contributed by atoms with Crippen molar-refractivity contribution in [3.05, 3.63) is 0 Å². The predicted octanol–water partition coefficient (Wildman–Crippen LogP) is 2.10. The van der Waals surface area contributed by atoms with Gasteiger partial charge in [-0.25, -0.2) is 0 Å². The summed E-state index contributed by atoms with van der Waals surface area (Å²) in [6, 6.07) is 0.219. The summed E-state index contributed by atoms with van der Waals surface area (Å²) in [5.41, 5.74) is 0. The number of hydrogen-bond donors (Lipinski definition) is 2. The standard InChI is InChI=1S/C8H17NO2S2.Cd/c1-3-7(9(12)13)5-6-8(10)11-4-2;/h7,12-13H,3-6H2,1-2H3;. The van der Waals surface area contributed by atoms with Crippen LogP contribution in [0, 0.1) is 0 Å². The quantitative estimate of drug-likeness (QED) is 0.442. The van der Waals surface area contributed by atoms with Crippen LogP contribution in [0.2, 0.25) is 0 Å². The fraction of sp³-hybridized carbons (Fsp3) is 0.875. The molecule has 0 fully saturated rings. The summed E-state index contributed by atoms with van der Waals surface area (Å²) in [4.78, 5) is 11.0. The average Bonchev–Trinajstić information content (AvgIpc) is 2.05. The summed E-state index contributed by atoms with van der Waals surface area (Å²) in [5, 5.41) is 0. The van der Waals surface area contributed by atoms with Crippen molar-refractivity contribution in [2.45, 2.75) is 39.2 Å². The van der Waals surface area contributed by atoms with E-state index in [4.69, 9.17) is 4.74 Å².